The van der Waals surface area contributed by atoms with Crippen LogP contribution in [-0.4, -0.2) is 57.6 Å². The SMILES string of the molecule is CC(C)C(=O)N1CC=C(c2ccnc3c2c2ccc(S(=O)(=O)NC4(C#N)CC4)cc2n3-c2nnc(C(F)F)s2)CC1. The van der Waals surface area contributed by atoms with Crippen molar-refractivity contribution >= 4 is 54.8 Å². The third-order valence-corrected chi connectivity index (χ3v) is 9.84. The number of sulfonamides is 1. The molecule has 0 atom stereocenters. The van der Waals surface area contributed by atoms with Gasteiger partial charge in [0.2, 0.25) is 21.1 Å². The average Bonchev–Trinajstić information content (AvgIpc) is 3.39. The number of carbonyl (C=O) groups is 1. The van der Waals surface area contributed by atoms with Gasteiger partial charge >= 0.3 is 0 Å². The summed E-state index contributed by atoms with van der Waals surface area (Å²) in [7, 11) is -4.06. The van der Waals surface area contributed by atoms with Crippen LogP contribution in [0.5, 0.6) is 0 Å². The lowest BCUT2D eigenvalue weighted by atomic mass is 9.96. The zero-order chi connectivity index (χ0) is 29.1. The van der Waals surface area contributed by atoms with Crippen LogP contribution >= 0.6 is 11.3 Å². The summed E-state index contributed by atoms with van der Waals surface area (Å²) >= 11 is 0.697. The van der Waals surface area contributed by atoms with Crippen molar-refractivity contribution in [1.82, 2.24) is 29.4 Å². The van der Waals surface area contributed by atoms with Crippen LogP contribution in [0.2, 0.25) is 0 Å². The zero-order valence-electron chi connectivity index (χ0n) is 22.1. The molecule has 6 rings (SSSR count). The Morgan fingerprint density at radius 1 is 1.22 bits per heavy atom. The minimum Gasteiger partial charge on any atom is -0.338 e. The molecule has 0 spiro atoms. The van der Waals surface area contributed by atoms with Gasteiger partial charge in [-0.2, -0.15) is 9.98 Å². The van der Waals surface area contributed by atoms with E-state index >= 15 is 0 Å². The van der Waals surface area contributed by atoms with E-state index in [2.05, 4.69) is 19.9 Å². The second-order valence-corrected chi connectivity index (χ2v) is 13.2. The van der Waals surface area contributed by atoms with E-state index in [1.165, 1.54) is 12.1 Å². The summed E-state index contributed by atoms with van der Waals surface area (Å²) in [4.78, 5) is 18.8. The molecule has 0 unspecified atom stereocenters. The highest BCUT2D eigenvalue weighted by atomic mass is 32.2. The van der Waals surface area contributed by atoms with Gasteiger partial charge in [0.1, 0.15) is 11.2 Å². The Bertz CT molecular complexity index is 1890. The molecule has 10 nitrogen and oxygen atoms in total. The van der Waals surface area contributed by atoms with E-state index in [-0.39, 0.29) is 21.9 Å². The summed E-state index contributed by atoms with van der Waals surface area (Å²) < 4.78 is 57.4. The number of halogens is 2. The number of benzene rings is 1. The quantitative estimate of drug-likeness (QED) is 0.330. The molecule has 1 saturated carbocycles. The molecule has 14 heteroatoms. The molecular weight excluding hydrogens is 572 g/mol. The number of nitriles is 1. The summed E-state index contributed by atoms with van der Waals surface area (Å²) in [6, 6.07) is 8.45. The number of rotatable bonds is 7. The number of aromatic nitrogens is 4. The minimum absolute atomic E-state index is 0.0737. The molecule has 0 saturated heterocycles. The number of pyridine rings is 1. The van der Waals surface area contributed by atoms with Crippen LogP contribution in [0.25, 0.3) is 32.6 Å². The third-order valence-electron chi connectivity index (χ3n) is 7.39. The fraction of sp³-hybridized carbons (Fsp3) is 0.370. The van der Waals surface area contributed by atoms with Gasteiger partial charge in [-0.25, -0.2) is 22.2 Å². The van der Waals surface area contributed by atoms with Gasteiger partial charge < -0.3 is 4.90 Å². The summed E-state index contributed by atoms with van der Waals surface area (Å²) in [5, 5.41) is 18.0. The molecule has 1 aliphatic heterocycles. The Balaban J connectivity index is 1.53. The van der Waals surface area contributed by atoms with Crippen LogP contribution in [0, 0.1) is 17.2 Å². The lowest BCUT2D eigenvalue weighted by Crippen LogP contribution is -2.37. The van der Waals surface area contributed by atoms with E-state index in [9.17, 15) is 27.3 Å². The Labute approximate surface area is 238 Å². The lowest BCUT2D eigenvalue weighted by Gasteiger charge is -2.28. The van der Waals surface area contributed by atoms with Crippen molar-refractivity contribution in [3.05, 3.63) is 47.1 Å². The van der Waals surface area contributed by atoms with Gasteiger partial charge in [0.25, 0.3) is 6.43 Å². The number of carbonyl (C=O) groups excluding carboxylic acids is 1. The molecule has 0 radical (unpaired) electrons. The predicted octanol–water partition coefficient (Wildman–Crippen LogP) is 4.57. The summed E-state index contributed by atoms with van der Waals surface area (Å²) in [6.07, 6.45) is 2.25. The van der Waals surface area contributed by atoms with Crippen molar-refractivity contribution < 1.29 is 22.0 Å². The maximum atomic E-state index is 13.4. The molecule has 1 amide bonds. The molecule has 41 heavy (non-hydrogen) atoms. The van der Waals surface area contributed by atoms with Gasteiger partial charge in [-0.05, 0) is 48.6 Å². The highest BCUT2D eigenvalue weighted by molar-refractivity contribution is 7.89. The Hall–Kier alpha value is -3.80. The van der Waals surface area contributed by atoms with Crippen LogP contribution in [-0.2, 0) is 14.8 Å². The van der Waals surface area contributed by atoms with Gasteiger partial charge in [-0.15, -0.1) is 10.2 Å². The average molecular weight is 598 g/mol. The number of hydrogen-bond acceptors (Lipinski definition) is 8. The second kappa shape index (κ2) is 9.93. The number of nitrogens with one attached hydrogen (secondary N) is 1. The first kappa shape index (κ1) is 27.4. The maximum Gasteiger partial charge on any atom is 0.291 e. The van der Waals surface area contributed by atoms with Crippen molar-refractivity contribution in [3.63, 3.8) is 0 Å². The largest absolute Gasteiger partial charge is 0.338 e. The molecule has 4 heterocycles. The molecule has 1 aliphatic carbocycles. The second-order valence-electron chi connectivity index (χ2n) is 10.5. The molecule has 212 valence electrons. The highest BCUT2D eigenvalue weighted by Gasteiger charge is 2.46. The fourth-order valence-corrected chi connectivity index (χ4v) is 7.21. The van der Waals surface area contributed by atoms with Gasteiger partial charge in [0.15, 0.2) is 5.01 Å². The molecule has 1 N–H and O–H groups in total. The van der Waals surface area contributed by atoms with Crippen LogP contribution in [0.1, 0.15) is 50.1 Å². The number of hydrogen-bond donors (Lipinski definition) is 1. The molecule has 1 fully saturated rings. The first-order valence-corrected chi connectivity index (χ1v) is 15.3. The van der Waals surface area contributed by atoms with E-state index in [0.717, 1.165) is 11.1 Å². The summed E-state index contributed by atoms with van der Waals surface area (Å²) in [5.41, 5.74) is 1.55. The zero-order valence-corrected chi connectivity index (χ0v) is 23.8. The molecule has 2 aliphatic rings. The molecule has 4 aromatic rings. The molecule has 3 aromatic heterocycles. The monoisotopic (exact) mass is 597 g/mol. The number of nitrogens with zero attached hydrogens (tertiary/aromatic N) is 6. The van der Waals surface area contributed by atoms with E-state index in [4.69, 9.17) is 0 Å². The standard InChI is InChI=1S/C27H25F2N7O3S2/c1-15(2)25(37)35-11-6-16(7-12-35)18-5-10-31-23-21(18)19-4-3-17(41(38,39)34-27(14-30)8-9-27)13-20(19)36(23)26-33-32-24(40-26)22(28)29/h3-6,10,13,15,22,34H,7-9,11-12H2,1-2H3. The van der Waals surface area contributed by atoms with Crippen molar-refractivity contribution in [2.24, 2.45) is 5.92 Å². The summed E-state index contributed by atoms with van der Waals surface area (Å²) in [6.45, 7) is 4.74. The van der Waals surface area contributed by atoms with Crippen LogP contribution in [0.4, 0.5) is 8.78 Å². The van der Waals surface area contributed by atoms with Gasteiger partial charge in [0.05, 0.1) is 16.5 Å². The maximum absolute atomic E-state index is 13.4. The highest BCUT2D eigenvalue weighted by Crippen LogP contribution is 2.40. The smallest absolute Gasteiger partial charge is 0.291 e. The summed E-state index contributed by atoms with van der Waals surface area (Å²) in [5.74, 6) is -0.0295. The van der Waals surface area contributed by atoms with Crippen LogP contribution in [0.3, 0.4) is 0 Å². The van der Waals surface area contributed by atoms with Crippen molar-refractivity contribution in [3.8, 4) is 11.2 Å². The van der Waals surface area contributed by atoms with Gasteiger partial charge in [-0.1, -0.05) is 37.3 Å². The van der Waals surface area contributed by atoms with E-state index in [1.54, 1.807) is 21.7 Å². The lowest BCUT2D eigenvalue weighted by molar-refractivity contribution is -0.134. The Morgan fingerprint density at radius 3 is 2.61 bits per heavy atom. The third kappa shape index (κ3) is 4.77. The molecular formula is C27H25F2N7O3S2. The Kier molecular flexibility index (Phi) is 6.63. The molecule has 1 aromatic carbocycles. The number of fused-ring (bicyclic) bond motifs is 3. The van der Waals surface area contributed by atoms with E-state index in [1.807, 2.05) is 32.1 Å². The van der Waals surface area contributed by atoms with Crippen molar-refractivity contribution in [2.45, 2.75) is 50.0 Å². The predicted molar refractivity (Wildman–Crippen MR) is 149 cm³/mol. The van der Waals surface area contributed by atoms with Crippen LogP contribution < -0.4 is 4.72 Å². The number of alkyl halides is 2. The first-order valence-electron chi connectivity index (χ1n) is 13.0. The van der Waals surface area contributed by atoms with Crippen molar-refractivity contribution in [2.75, 3.05) is 13.1 Å². The van der Waals surface area contributed by atoms with Gasteiger partial charge in [-0.3, -0.25) is 9.36 Å². The fourth-order valence-electron chi connectivity index (χ4n) is 5.10. The van der Waals surface area contributed by atoms with Crippen LogP contribution in [0.15, 0.2) is 41.4 Å². The normalized spacial score (nSPS) is 16.9. The van der Waals surface area contributed by atoms with E-state index < -0.39 is 27.0 Å². The van der Waals surface area contributed by atoms with Gasteiger partial charge in [0, 0.05) is 36.0 Å². The van der Waals surface area contributed by atoms with Crippen molar-refractivity contribution in [1.29, 1.82) is 5.26 Å². The minimum atomic E-state index is -4.06. The Morgan fingerprint density at radius 2 is 2.00 bits per heavy atom. The topological polar surface area (TPSA) is 134 Å². The first-order chi connectivity index (χ1) is 19.5. The number of amides is 1. The molecule has 0 bridgehead atoms. The van der Waals surface area contributed by atoms with E-state index in [0.29, 0.717) is 65.6 Å².